The number of amides is 1. The number of rotatable bonds is 8. The Morgan fingerprint density at radius 1 is 1.33 bits per heavy atom. The van der Waals surface area contributed by atoms with Crippen molar-refractivity contribution in [3.63, 3.8) is 0 Å². The van der Waals surface area contributed by atoms with Crippen molar-refractivity contribution < 1.29 is 23.6 Å². The van der Waals surface area contributed by atoms with Crippen LogP contribution in [-0.2, 0) is 14.3 Å². The van der Waals surface area contributed by atoms with E-state index in [0.717, 1.165) is 12.1 Å². The molecule has 0 saturated heterocycles. The lowest BCUT2D eigenvalue weighted by Crippen LogP contribution is -2.30. The van der Waals surface area contributed by atoms with Crippen molar-refractivity contribution in [3.05, 3.63) is 52.6 Å². The number of nitro groups is 1. The van der Waals surface area contributed by atoms with Crippen LogP contribution < -0.4 is 10.6 Å². The number of halogens is 1. The van der Waals surface area contributed by atoms with Crippen LogP contribution in [0.25, 0.3) is 0 Å². The third kappa shape index (κ3) is 5.99. The Kier molecular flexibility index (Phi) is 6.69. The first-order chi connectivity index (χ1) is 12.9. The van der Waals surface area contributed by atoms with Crippen LogP contribution in [0.3, 0.4) is 0 Å². The Hall–Kier alpha value is -3.63. The van der Waals surface area contributed by atoms with Gasteiger partial charge in [-0.3, -0.25) is 19.7 Å². The number of carbonyl (C=O) groups excluding carboxylic acids is 2. The number of aromatic nitrogens is 2. The minimum atomic E-state index is -1.14. The molecule has 1 amide bonds. The average Bonchev–Trinajstić information content (AvgIpc) is 2.63. The zero-order valence-electron chi connectivity index (χ0n) is 14.2. The molecule has 0 aliphatic rings. The molecule has 1 heterocycles. The van der Waals surface area contributed by atoms with Crippen molar-refractivity contribution in [1.82, 2.24) is 9.97 Å². The molecule has 11 heteroatoms. The van der Waals surface area contributed by atoms with Gasteiger partial charge in [0, 0.05) is 30.7 Å². The number of nitro benzene ring substituents is 1. The van der Waals surface area contributed by atoms with E-state index in [1.165, 1.54) is 13.0 Å². The van der Waals surface area contributed by atoms with Crippen molar-refractivity contribution in [2.45, 2.75) is 19.4 Å². The molecule has 10 nitrogen and oxygen atoms in total. The molecule has 2 N–H and O–H groups in total. The third-order valence-electron chi connectivity index (χ3n) is 3.27. The van der Waals surface area contributed by atoms with Crippen LogP contribution in [0, 0.1) is 15.9 Å². The van der Waals surface area contributed by atoms with E-state index in [1.807, 2.05) is 0 Å². The van der Waals surface area contributed by atoms with Crippen molar-refractivity contribution in [2.75, 3.05) is 17.2 Å². The second-order valence-corrected chi connectivity index (χ2v) is 5.29. The smallest absolute Gasteiger partial charge is 0.308 e. The number of hydrogen-bond acceptors (Lipinski definition) is 8. The number of esters is 1. The highest BCUT2D eigenvalue weighted by Crippen LogP contribution is 2.21. The third-order valence-corrected chi connectivity index (χ3v) is 3.27. The largest absolute Gasteiger partial charge is 0.452 e. The molecule has 0 aliphatic heterocycles. The number of hydrogen-bond donors (Lipinski definition) is 2. The maximum absolute atomic E-state index is 13.3. The highest BCUT2D eigenvalue weighted by atomic mass is 19.1. The number of nitrogens with zero attached hydrogens (tertiary/aromatic N) is 3. The van der Waals surface area contributed by atoms with Crippen molar-refractivity contribution in [1.29, 1.82) is 0 Å². The van der Waals surface area contributed by atoms with E-state index >= 15 is 0 Å². The van der Waals surface area contributed by atoms with E-state index in [-0.39, 0.29) is 18.7 Å². The average molecular weight is 377 g/mol. The second-order valence-electron chi connectivity index (χ2n) is 5.29. The van der Waals surface area contributed by atoms with Gasteiger partial charge in [-0.15, -0.1) is 0 Å². The van der Waals surface area contributed by atoms with E-state index in [4.69, 9.17) is 4.74 Å². The van der Waals surface area contributed by atoms with Gasteiger partial charge in [0.2, 0.25) is 11.8 Å². The normalized spacial score (nSPS) is 11.3. The number of nitrogens with one attached hydrogen (secondary N) is 2. The van der Waals surface area contributed by atoms with Crippen LogP contribution in [0.15, 0.2) is 36.7 Å². The van der Waals surface area contributed by atoms with Crippen LogP contribution in [0.2, 0.25) is 0 Å². The topological polar surface area (TPSA) is 136 Å². The minimum absolute atomic E-state index is 0.0129. The first-order valence-corrected chi connectivity index (χ1v) is 7.82. The predicted octanol–water partition coefficient (Wildman–Crippen LogP) is 1.90. The second kappa shape index (κ2) is 9.17. The molecule has 2 rings (SSSR count). The summed E-state index contributed by atoms with van der Waals surface area (Å²) in [5.74, 6) is -2.00. The van der Waals surface area contributed by atoms with Crippen molar-refractivity contribution >= 4 is 29.2 Å². The van der Waals surface area contributed by atoms with Gasteiger partial charge >= 0.3 is 11.7 Å². The highest BCUT2D eigenvalue weighted by Gasteiger charge is 2.20. The molecule has 0 bridgehead atoms. The van der Waals surface area contributed by atoms with E-state index in [2.05, 4.69) is 20.6 Å². The van der Waals surface area contributed by atoms with Gasteiger partial charge in [-0.2, -0.15) is 4.39 Å². The van der Waals surface area contributed by atoms with Gasteiger partial charge in [-0.05, 0) is 25.1 Å². The summed E-state index contributed by atoms with van der Waals surface area (Å²) in [4.78, 5) is 41.4. The van der Waals surface area contributed by atoms with Gasteiger partial charge in [-0.1, -0.05) is 0 Å². The van der Waals surface area contributed by atoms with Crippen LogP contribution in [-0.4, -0.2) is 39.4 Å². The number of carbonyl (C=O) groups is 2. The van der Waals surface area contributed by atoms with Crippen LogP contribution in [0.1, 0.15) is 13.3 Å². The summed E-state index contributed by atoms with van der Waals surface area (Å²) in [6, 6.07) is 4.56. The monoisotopic (exact) mass is 377 g/mol. The lowest BCUT2D eigenvalue weighted by atomic mass is 10.2. The zero-order valence-corrected chi connectivity index (χ0v) is 14.2. The standard InChI is InChI=1S/C16H16FN5O5/c1-10(27-14(23)5-8-20-16-18-6-2-7-19-16)15(24)21-11-3-4-12(17)13(9-11)22(25)26/h2-4,6-7,9-10H,5,8H2,1H3,(H,21,24)(H,18,19,20). The first kappa shape index (κ1) is 19.7. The molecule has 1 unspecified atom stereocenters. The number of ether oxygens (including phenoxy) is 1. The van der Waals surface area contributed by atoms with Crippen LogP contribution >= 0.6 is 0 Å². The van der Waals surface area contributed by atoms with E-state index in [0.29, 0.717) is 5.95 Å². The molecule has 1 aromatic heterocycles. The molecule has 0 aliphatic carbocycles. The molecule has 0 spiro atoms. The Bertz CT molecular complexity index is 833. The summed E-state index contributed by atoms with van der Waals surface area (Å²) < 4.78 is 18.3. The van der Waals surface area contributed by atoms with Crippen molar-refractivity contribution in [2.24, 2.45) is 0 Å². The Morgan fingerprint density at radius 2 is 2.04 bits per heavy atom. The summed E-state index contributed by atoms with van der Waals surface area (Å²) in [6.45, 7) is 1.56. The van der Waals surface area contributed by atoms with Gasteiger partial charge in [-0.25, -0.2) is 9.97 Å². The number of anilines is 2. The summed E-state index contributed by atoms with van der Waals surface area (Å²) >= 11 is 0. The van der Waals surface area contributed by atoms with E-state index < -0.39 is 34.4 Å². The fraction of sp³-hybridized carbons (Fsp3) is 0.250. The quantitative estimate of drug-likeness (QED) is 0.404. The maximum Gasteiger partial charge on any atom is 0.308 e. The molecule has 27 heavy (non-hydrogen) atoms. The maximum atomic E-state index is 13.3. The molecule has 1 atom stereocenters. The Balaban J connectivity index is 1.81. The van der Waals surface area contributed by atoms with Gasteiger partial charge in [0.15, 0.2) is 6.10 Å². The fourth-order valence-corrected chi connectivity index (χ4v) is 1.95. The molecule has 142 valence electrons. The Morgan fingerprint density at radius 3 is 2.70 bits per heavy atom. The summed E-state index contributed by atoms with van der Waals surface area (Å²) in [5, 5.41) is 15.9. The molecule has 1 aromatic carbocycles. The summed E-state index contributed by atoms with van der Waals surface area (Å²) in [6.07, 6.45) is 1.91. The molecule has 2 aromatic rings. The minimum Gasteiger partial charge on any atom is -0.452 e. The van der Waals surface area contributed by atoms with Crippen molar-refractivity contribution in [3.8, 4) is 0 Å². The van der Waals surface area contributed by atoms with Gasteiger partial charge < -0.3 is 15.4 Å². The highest BCUT2D eigenvalue weighted by molar-refractivity contribution is 5.95. The summed E-state index contributed by atoms with van der Waals surface area (Å²) in [7, 11) is 0. The SMILES string of the molecule is CC(OC(=O)CCNc1ncccn1)C(=O)Nc1ccc(F)c([N+](=O)[O-])c1. The van der Waals surface area contributed by atoms with Crippen LogP contribution in [0.4, 0.5) is 21.7 Å². The van der Waals surface area contributed by atoms with Gasteiger partial charge in [0.25, 0.3) is 5.91 Å². The number of benzene rings is 1. The molecule has 0 radical (unpaired) electrons. The predicted molar refractivity (Wildman–Crippen MR) is 92.4 cm³/mol. The molecular weight excluding hydrogens is 361 g/mol. The zero-order chi connectivity index (χ0) is 19.8. The lowest BCUT2D eigenvalue weighted by Gasteiger charge is -2.13. The molecule has 0 fully saturated rings. The van der Waals surface area contributed by atoms with Crippen LogP contribution in [0.5, 0.6) is 0 Å². The molecule has 0 saturated carbocycles. The lowest BCUT2D eigenvalue weighted by molar-refractivity contribution is -0.387. The van der Waals surface area contributed by atoms with E-state index in [9.17, 15) is 24.1 Å². The summed E-state index contributed by atoms with van der Waals surface area (Å²) in [5.41, 5.74) is -0.759. The Labute approximate surface area is 152 Å². The molecular formula is C16H16FN5O5. The van der Waals surface area contributed by atoms with E-state index in [1.54, 1.807) is 18.5 Å². The van der Waals surface area contributed by atoms with Gasteiger partial charge in [0.05, 0.1) is 11.3 Å². The first-order valence-electron chi connectivity index (χ1n) is 7.82. The van der Waals surface area contributed by atoms with Gasteiger partial charge in [0.1, 0.15) is 0 Å². The fourth-order valence-electron chi connectivity index (χ4n) is 1.95.